The Hall–Kier alpha value is -2.25. The summed E-state index contributed by atoms with van der Waals surface area (Å²) in [7, 11) is 1.67. The number of carbonyl (C=O) groups is 1. The summed E-state index contributed by atoms with van der Waals surface area (Å²) in [6.07, 6.45) is 6.14. The highest BCUT2D eigenvalue weighted by Crippen LogP contribution is 2.14. The number of methoxy groups -OCH3 is 1. The molecule has 2 aromatic heterocycles. The van der Waals surface area contributed by atoms with E-state index in [1.54, 1.807) is 19.5 Å². The highest BCUT2D eigenvalue weighted by atomic mass is 16.5. The number of imidazole rings is 1. The molecule has 0 aliphatic carbocycles. The maximum absolute atomic E-state index is 12.3. The topological polar surface area (TPSA) is 81.1 Å². The van der Waals surface area contributed by atoms with Gasteiger partial charge in [-0.15, -0.1) is 0 Å². The molecule has 1 fully saturated rings. The van der Waals surface area contributed by atoms with Crippen LogP contribution in [0.2, 0.25) is 0 Å². The number of amides is 1. The predicted molar refractivity (Wildman–Crippen MR) is 85.1 cm³/mol. The minimum Gasteiger partial charge on any atom is -0.380 e. The fraction of sp³-hybridized carbons (Fsp3) is 0.438. The zero-order valence-corrected chi connectivity index (χ0v) is 13.3. The van der Waals surface area contributed by atoms with E-state index in [-0.39, 0.29) is 18.1 Å². The lowest BCUT2D eigenvalue weighted by molar-refractivity contribution is -0.123. The van der Waals surface area contributed by atoms with E-state index in [1.807, 2.05) is 29.8 Å². The molecular formula is C16H21N5O2. The van der Waals surface area contributed by atoms with Crippen molar-refractivity contribution < 1.29 is 9.53 Å². The van der Waals surface area contributed by atoms with Gasteiger partial charge in [-0.1, -0.05) is 6.07 Å². The maximum Gasteiger partial charge on any atom is 0.237 e. The van der Waals surface area contributed by atoms with Gasteiger partial charge in [-0.2, -0.15) is 0 Å². The quantitative estimate of drug-likeness (QED) is 0.843. The van der Waals surface area contributed by atoms with Crippen LogP contribution >= 0.6 is 0 Å². The van der Waals surface area contributed by atoms with Gasteiger partial charge in [-0.25, -0.2) is 9.97 Å². The van der Waals surface area contributed by atoms with Gasteiger partial charge in [0.2, 0.25) is 5.91 Å². The standard InChI is InChI=1S/C16H21N5O2/c1-11-17-6-7-21(11)15-12(4-3-5-18-15)9-20-16(22)14-8-13(23-2)10-19-14/h3-7,13-14,19H,8-10H2,1-2H3,(H,20,22)/t13-,14+/m0/s1. The van der Waals surface area contributed by atoms with E-state index in [0.717, 1.165) is 17.2 Å². The summed E-state index contributed by atoms with van der Waals surface area (Å²) in [5.41, 5.74) is 0.947. The highest BCUT2D eigenvalue weighted by Gasteiger charge is 2.29. The van der Waals surface area contributed by atoms with Gasteiger partial charge in [0, 0.05) is 44.4 Å². The van der Waals surface area contributed by atoms with E-state index in [9.17, 15) is 4.79 Å². The molecule has 23 heavy (non-hydrogen) atoms. The van der Waals surface area contributed by atoms with Crippen LogP contribution in [-0.4, -0.2) is 46.2 Å². The Bertz CT molecular complexity index is 685. The van der Waals surface area contributed by atoms with Crippen molar-refractivity contribution in [3.05, 3.63) is 42.1 Å². The first kappa shape index (κ1) is 15.6. The molecule has 7 heteroatoms. The minimum atomic E-state index is -0.199. The van der Waals surface area contributed by atoms with E-state index in [4.69, 9.17) is 4.74 Å². The van der Waals surface area contributed by atoms with Gasteiger partial charge < -0.3 is 15.4 Å². The van der Waals surface area contributed by atoms with Crippen molar-refractivity contribution in [3.63, 3.8) is 0 Å². The van der Waals surface area contributed by atoms with Crippen molar-refractivity contribution in [1.29, 1.82) is 0 Å². The lowest BCUT2D eigenvalue weighted by Gasteiger charge is -2.14. The number of hydrogen-bond donors (Lipinski definition) is 2. The minimum absolute atomic E-state index is 0.0123. The van der Waals surface area contributed by atoms with Crippen LogP contribution in [0.3, 0.4) is 0 Å². The first-order valence-corrected chi connectivity index (χ1v) is 7.67. The molecule has 7 nitrogen and oxygen atoms in total. The summed E-state index contributed by atoms with van der Waals surface area (Å²) in [6, 6.07) is 3.63. The summed E-state index contributed by atoms with van der Waals surface area (Å²) < 4.78 is 7.19. The molecule has 0 spiro atoms. The number of aryl methyl sites for hydroxylation is 1. The number of aromatic nitrogens is 3. The van der Waals surface area contributed by atoms with Gasteiger partial charge >= 0.3 is 0 Å². The van der Waals surface area contributed by atoms with Gasteiger partial charge in [0.25, 0.3) is 0 Å². The zero-order chi connectivity index (χ0) is 16.2. The number of nitrogens with one attached hydrogen (secondary N) is 2. The predicted octanol–water partition coefficient (Wildman–Crippen LogP) is 0.569. The monoisotopic (exact) mass is 315 g/mol. The molecule has 0 bridgehead atoms. The molecule has 2 atom stereocenters. The van der Waals surface area contributed by atoms with Crippen LogP contribution in [0.25, 0.3) is 5.82 Å². The number of hydrogen-bond acceptors (Lipinski definition) is 5. The van der Waals surface area contributed by atoms with Crippen LogP contribution in [0.1, 0.15) is 17.8 Å². The Balaban J connectivity index is 1.67. The van der Waals surface area contributed by atoms with Crippen molar-refractivity contribution in [2.45, 2.75) is 32.0 Å². The molecular weight excluding hydrogens is 294 g/mol. The molecule has 2 N–H and O–H groups in total. The first-order chi connectivity index (χ1) is 11.2. The molecule has 1 aliphatic heterocycles. The molecule has 3 rings (SSSR count). The van der Waals surface area contributed by atoms with Crippen LogP contribution in [-0.2, 0) is 16.1 Å². The van der Waals surface area contributed by atoms with E-state index >= 15 is 0 Å². The molecule has 1 saturated heterocycles. The third-order valence-corrected chi connectivity index (χ3v) is 4.11. The summed E-state index contributed by atoms with van der Waals surface area (Å²) in [5.74, 6) is 1.63. The van der Waals surface area contributed by atoms with Gasteiger partial charge in [-0.05, 0) is 19.4 Å². The van der Waals surface area contributed by atoms with Crippen molar-refractivity contribution in [1.82, 2.24) is 25.2 Å². The normalized spacial score (nSPS) is 20.6. The lowest BCUT2D eigenvalue weighted by atomic mass is 10.2. The summed E-state index contributed by atoms with van der Waals surface area (Å²) in [5, 5.41) is 6.15. The number of ether oxygens (including phenoxy) is 1. The SMILES string of the molecule is CO[C@@H]1CN[C@@H](C(=O)NCc2cccnc2-n2ccnc2C)C1. The second-order valence-electron chi connectivity index (χ2n) is 5.60. The Kier molecular flexibility index (Phi) is 4.68. The Morgan fingerprint density at radius 1 is 1.48 bits per heavy atom. The summed E-state index contributed by atoms with van der Waals surface area (Å²) >= 11 is 0. The Labute approximate surface area is 135 Å². The number of carbonyl (C=O) groups excluding carboxylic acids is 1. The van der Waals surface area contributed by atoms with Crippen LogP contribution in [0.4, 0.5) is 0 Å². The smallest absolute Gasteiger partial charge is 0.237 e. The van der Waals surface area contributed by atoms with Crippen LogP contribution < -0.4 is 10.6 Å². The molecule has 0 aromatic carbocycles. The van der Waals surface area contributed by atoms with Crippen molar-refractivity contribution in [2.24, 2.45) is 0 Å². The van der Waals surface area contributed by atoms with E-state index in [0.29, 0.717) is 19.5 Å². The molecule has 3 heterocycles. The average molecular weight is 315 g/mol. The van der Waals surface area contributed by atoms with Crippen LogP contribution in [0.15, 0.2) is 30.7 Å². The van der Waals surface area contributed by atoms with E-state index < -0.39 is 0 Å². The molecule has 0 unspecified atom stereocenters. The largest absolute Gasteiger partial charge is 0.380 e. The molecule has 1 amide bonds. The Morgan fingerprint density at radius 3 is 3.04 bits per heavy atom. The van der Waals surface area contributed by atoms with Crippen molar-refractivity contribution in [3.8, 4) is 5.82 Å². The van der Waals surface area contributed by atoms with Crippen molar-refractivity contribution in [2.75, 3.05) is 13.7 Å². The van der Waals surface area contributed by atoms with Gasteiger partial charge in [0.15, 0.2) is 0 Å². The van der Waals surface area contributed by atoms with Crippen molar-refractivity contribution >= 4 is 5.91 Å². The number of pyridine rings is 1. The van der Waals surface area contributed by atoms with E-state index in [2.05, 4.69) is 20.6 Å². The molecule has 0 saturated carbocycles. The lowest BCUT2D eigenvalue weighted by Crippen LogP contribution is -2.40. The second kappa shape index (κ2) is 6.89. The third kappa shape index (κ3) is 3.40. The maximum atomic E-state index is 12.3. The Morgan fingerprint density at radius 2 is 2.35 bits per heavy atom. The second-order valence-corrected chi connectivity index (χ2v) is 5.60. The molecule has 0 radical (unpaired) electrons. The fourth-order valence-corrected chi connectivity index (χ4v) is 2.78. The molecule has 122 valence electrons. The third-order valence-electron chi connectivity index (χ3n) is 4.11. The average Bonchev–Trinajstić information content (AvgIpc) is 3.21. The van der Waals surface area contributed by atoms with Crippen LogP contribution in [0, 0.1) is 6.92 Å². The van der Waals surface area contributed by atoms with Crippen LogP contribution in [0.5, 0.6) is 0 Å². The summed E-state index contributed by atoms with van der Waals surface area (Å²) in [4.78, 5) is 20.9. The number of nitrogens with zero attached hydrogens (tertiary/aromatic N) is 3. The van der Waals surface area contributed by atoms with Gasteiger partial charge in [-0.3, -0.25) is 9.36 Å². The van der Waals surface area contributed by atoms with E-state index in [1.165, 1.54) is 0 Å². The first-order valence-electron chi connectivity index (χ1n) is 7.67. The highest BCUT2D eigenvalue weighted by molar-refractivity contribution is 5.82. The molecule has 1 aliphatic rings. The number of rotatable bonds is 5. The zero-order valence-electron chi connectivity index (χ0n) is 13.3. The fourth-order valence-electron chi connectivity index (χ4n) is 2.78. The molecule has 2 aromatic rings. The van der Waals surface area contributed by atoms with Gasteiger partial charge in [0.05, 0.1) is 12.1 Å². The van der Waals surface area contributed by atoms with Gasteiger partial charge in [0.1, 0.15) is 11.6 Å². The summed E-state index contributed by atoms with van der Waals surface area (Å²) in [6.45, 7) is 3.06.